The van der Waals surface area contributed by atoms with Crippen molar-refractivity contribution in [2.24, 2.45) is 16.6 Å². The van der Waals surface area contributed by atoms with Crippen LogP contribution in [0.1, 0.15) is 12.8 Å². The molecule has 2 unspecified atom stereocenters. The molecule has 2 aliphatic rings. The van der Waals surface area contributed by atoms with E-state index in [9.17, 15) is 9.90 Å². The maximum absolute atomic E-state index is 11.7. The van der Waals surface area contributed by atoms with Gasteiger partial charge in [-0.15, -0.1) is 0 Å². The number of carboxylic acids is 1. The fourth-order valence-electron chi connectivity index (χ4n) is 3.11. The molecular formula is C13H26BN5O4. The van der Waals surface area contributed by atoms with Gasteiger partial charge in [0.2, 0.25) is 0 Å². The van der Waals surface area contributed by atoms with Gasteiger partial charge in [0.15, 0.2) is 5.96 Å². The summed E-state index contributed by atoms with van der Waals surface area (Å²) in [7, 11) is 0.299. The molecule has 0 spiro atoms. The summed E-state index contributed by atoms with van der Waals surface area (Å²) in [6.07, 6.45) is 1.26. The van der Waals surface area contributed by atoms with E-state index in [1.54, 1.807) is 7.05 Å². The normalized spacial score (nSPS) is 28.6. The molecule has 7 N–H and O–H groups in total. The summed E-state index contributed by atoms with van der Waals surface area (Å²) >= 11 is 0. The van der Waals surface area contributed by atoms with Gasteiger partial charge in [0.25, 0.3) is 0 Å². The minimum absolute atomic E-state index is 0.189. The molecule has 0 aromatic heterocycles. The predicted molar refractivity (Wildman–Crippen MR) is 87.0 cm³/mol. The van der Waals surface area contributed by atoms with Gasteiger partial charge < -0.3 is 36.4 Å². The van der Waals surface area contributed by atoms with Crippen LogP contribution in [0, 0.1) is 5.92 Å². The number of aliphatic carboxylic acids is 1. The molecule has 2 heterocycles. The van der Waals surface area contributed by atoms with Crippen molar-refractivity contribution >= 4 is 19.0 Å². The monoisotopic (exact) mass is 327 g/mol. The quantitative estimate of drug-likeness (QED) is 0.178. The second-order valence-electron chi connectivity index (χ2n) is 6.38. The number of carboxylic acid groups (broad SMARTS) is 1. The third-order valence-corrected chi connectivity index (χ3v) is 4.66. The van der Waals surface area contributed by atoms with Crippen LogP contribution in [0.15, 0.2) is 4.99 Å². The van der Waals surface area contributed by atoms with Crippen molar-refractivity contribution in [1.82, 2.24) is 15.5 Å². The molecule has 0 aliphatic carbocycles. The summed E-state index contributed by atoms with van der Waals surface area (Å²) in [5, 5.41) is 33.9. The number of nitrogens with one attached hydrogen (secondary N) is 2. The van der Waals surface area contributed by atoms with Crippen LogP contribution in [0.2, 0.25) is 6.32 Å². The molecule has 130 valence electrons. The first-order chi connectivity index (χ1) is 10.9. The Kier molecular flexibility index (Phi) is 5.85. The Balaban J connectivity index is 2.01. The summed E-state index contributed by atoms with van der Waals surface area (Å²) in [5.41, 5.74) is 4.81. The Hall–Kier alpha value is -1.36. The highest BCUT2D eigenvalue weighted by molar-refractivity contribution is 6.40. The van der Waals surface area contributed by atoms with Crippen LogP contribution in [0.25, 0.3) is 0 Å². The molecule has 2 aliphatic heterocycles. The van der Waals surface area contributed by atoms with Crippen LogP contribution in [0.4, 0.5) is 0 Å². The molecule has 0 radical (unpaired) electrons. The van der Waals surface area contributed by atoms with Crippen LogP contribution < -0.4 is 16.4 Å². The smallest absolute Gasteiger partial charge is 0.451 e. The van der Waals surface area contributed by atoms with Crippen molar-refractivity contribution in [3.05, 3.63) is 0 Å². The van der Waals surface area contributed by atoms with Crippen LogP contribution in [0.3, 0.4) is 0 Å². The zero-order valence-corrected chi connectivity index (χ0v) is 13.4. The van der Waals surface area contributed by atoms with Gasteiger partial charge in [-0.25, -0.2) is 0 Å². The van der Waals surface area contributed by atoms with E-state index in [-0.39, 0.29) is 18.8 Å². The van der Waals surface area contributed by atoms with Gasteiger partial charge >= 0.3 is 13.1 Å². The highest BCUT2D eigenvalue weighted by Gasteiger charge is 2.50. The lowest BCUT2D eigenvalue weighted by atomic mass is 9.78. The topological polar surface area (TPSA) is 143 Å². The molecule has 0 aromatic rings. The molecular weight excluding hydrogens is 301 g/mol. The number of rotatable bonds is 6. The van der Waals surface area contributed by atoms with Crippen molar-refractivity contribution in [2.75, 3.05) is 33.2 Å². The first-order valence-electron chi connectivity index (χ1n) is 7.94. The number of hydrogen-bond donors (Lipinski definition) is 6. The molecule has 0 aromatic carbocycles. The molecule has 0 saturated carbocycles. The summed E-state index contributed by atoms with van der Waals surface area (Å²) < 4.78 is 0. The molecule has 0 bridgehead atoms. The van der Waals surface area contributed by atoms with Crippen LogP contribution in [-0.2, 0) is 4.79 Å². The lowest BCUT2D eigenvalue weighted by molar-refractivity contribution is -0.144. The highest BCUT2D eigenvalue weighted by atomic mass is 16.4. The fourth-order valence-corrected chi connectivity index (χ4v) is 3.11. The van der Waals surface area contributed by atoms with E-state index in [0.29, 0.717) is 31.4 Å². The molecule has 0 amide bonds. The van der Waals surface area contributed by atoms with Crippen LogP contribution in [-0.4, -0.2) is 83.9 Å². The molecule has 2 fully saturated rings. The van der Waals surface area contributed by atoms with Gasteiger partial charge in [-0.2, -0.15) is 0 Å². The third-order valence-electron chi connectivity index (χ3n) is 4.66. The minimum atomic E-state index is -1.37. The maximum Gasteiger partial charge on any atom is 0.451 e. The third kappa shape index (κ3) is 4.14. The average molecular weight is 327 g/mol. The van der Waals surface area contributed by atoms with E-state index >= 15 is 0 Å². The largest absolute Gasteiger partial charge is 0.480 e. The second-order valence-corrected chi connectivity index (χ2v) is 6.38. The van der Waals surface area contributed by atoms with E-state index in [4.69, 9.17) is 15.8 Å². The van der Waals surface area contributed by atoms with Crippen LogP contribution >= 0.6 is 0 Å². The van der Waals surface area contributed by atoms with E-state index < -0.39 is 18.6 Å². The number of nitrogens with zero attached hydrogens (tertiary/aromatic N) is 2. The predicted octanol–water partition coefficient (Wildman–Crippen LogP) is -2.50. The van der Waals surface area contributed by atoms with E-state index in [1.165, 1.54) is 0 Å². The molecule has 10 heteroatoms. The summed E-state index contributed by atoms with van der Waals surface area (Å²) in [4.78, 5) is 17.8. The van der Waals surface area contributed by atoms with Crippen LogP contribution in [0.5, 0.6) is 0 Å². The molecule has 2 atom stereocenters. The second kappa shape index (κ2) is 7.48. The van der Waals surface area contributed by atoms with Crippen molar-refractivity contribution in [3.63, 3.8) is 0 Å². The summed E-state index contributed by atoms with van der Waals surface area (Å²) in [6.45, 7) is 2.40. The first-order valence-corrected chi connectivity index (χ1v) is 7.94. The Bertz CT molecular complexity index is 460. The van der Waals surface area contributed by atoms with Gasteiger partial charge in [0, 0.05) is 39.1 Å². The van der Waals surface area contributed by atoms with Gasteiger partial charge in [0.1, 0.15) is 5.54 Å². The van der Waals surface area contributed by atoms with E-state index in [1.807, 2.05) is 4.90 Å². The Labute approximate surface area is 136 Å². The van der Waals surface area contributed by atoms with E-state index in [0.717, 1.165) is 13.1 Å². The van der Waals surface area contributed by atoms with Crippen molar-refractivity contribution in [3.8, 4) is 0 Å². The Morgan fingerprint density at radius 1 is 1.52 bits per heavy atom. The standard InChI is InChI=1S/C13H26BN5O4/c1-16-12(18-10-5-17-6-10)19-7-9(3-2-4-14(22)23)13(15,8-19)11(20)21/h9-10,17,22-23H,2-8,15H2,1H3,(H,16,18)(H,20,21). The molecule has 23 heavy (non-hydrogen) atoms. The number of likely N-dealkylation sites (tertiary alicyclic amines) is 1. The maximum atomic E-state index is 11.7. The molecule has 9 nitrogen and oxygen atoms in total. The molecule has 2 saturated heterocycles. The van der Waals surface area contributed by atoms with Gasteiger partial charge in [-0.1, -0.05) is 6.42 Å². The fraction of sp³-hybridized carbons (Fsp3) is 0.846. The zero-order chi connectivity index (χ0) is 17.0. The average Bonchev–Trinajstić information content (AvgIpc) is 2.76. The van der Waals surface area contributed by atoms with Gasteiger partial charge in [0.05, 0.1) is 6.04 Å². The van der Waals surface area contributed by atoms with Crippen molar-refractivity contribution < 1.29 is 19.9 Å². The lowest BCUT2D eigenvalue weighted by Crippen LogP contribution is -2.60. The number of guanidine groups is 1. The van der Waals surface area contributed by atoms with Crippen molar-refractivity contribution in [2.45, 2.75) is 30.7 Å². The number of aliphatic imine (C=N–C) groups is 1. The summed E-state index contributed by atoms with van der Waals surface area (Å²) in [6, 6.07) is 0.300. The molecule has 2 rings (SSSR count). The number of hydrogen-bond acceptors (Lipinski definition) is 6. The highest BCUT2D eigenvalue weighted by Crippen LogP contribution is 2.30. The first kappa shape index (κ1) is 18.0. The number of carbonyl (C=O) groups is 1. The lowest BCUT2D eigenvalue weighted by Gasteiger charge is -2.32. The van der Waals surface area contributed by atoms with E-state index in [2.05, 4.69) is 15.6 Å². The summed E-state index contributed by atoms with van der Waals surface area (Å²) in [5.74, 6) is -0.635. The Morgan fingerprint density at radius 2 is 2.22 bits per heavy atom. The SMILES string of the molecule is CN=C(NC1CNC1)N1CC(CCCB(O)O)C(N)(C(=O)O)C1. The van der Waals surface area contributed by atoms with Gasteiger partial charge in [-0.3, -0.25) is 9.79 Å². The van der Waals surface area contributed by atoms with Gasteiger partial charge in [-0.05, 0) is 12.7 Å². The Morgan fingerprint density at radius 3 is 2.70 bits per heavy atom. The number of nitrogens with two attached hydrogens (primary N) is 1. The zero-order valence-electron chi connectivity index (χ0n) is 13.4. The minimum Gasteiger partial charge on any atom is -0.480 e. The van der Waals surface area contributed by atoms with Crippen molar-refractivity contribution in [1.29, 1.82) is 0 Å².